The van der Waals surface area contributed by atoms with Crippen molar-refractivity contribution in [1.29, 1.82) is 0 Å². The fourth-order valence-corrected chi connectivity index (χ4v) is 2.82. The van der Waals surface area contributed by atoms with Crippen molar-refractivity contribution < 1.29 is 4.74 Å². The minimum absolute atomic E-state index is 0.347. The minimum atomic E-state index is 0.347. The van der Waals surface area contributed by atoms with Crippen LogP contribution in [0.2, 0.25) is 5.02 Å². The van der Waals surface area contributed by atoms with Gasteiger partial charge in [-0.1, -0.05) is 17.7 Å². The first-order valence-electron chi connectivity index (χ1n) is 7.30. The standard InChI is InChI=1S/C16H24ClNO/c1-12(2)19-10-4-3-9-18-16-8-5-13-11-14(17)6-7-15(13)16/h6-7,11-12,16,18H,3-5,8-10H2,1-2H3. The summed E-state index contributed by atoms with van der Waals surface area (Å²) in [6.45, 7) is 6.10. The van der Waals surface area contributed by atoms with E-state index in [0.29, 0.717) is 12.1 Å². The third-order valence-electron chi connectivity index (χ3n) is 3.60. The summed E-state index contributed by atoms with van der Waals surface area (Å²) in [5.41, 5.74) is 2.84. The van der Waals surface area contributed by atoms with Crippen LogP contribution in [0.5, 0.6) is 0 Å². The molecule has 1 aromatic carbocycles. The number of ether oxygens (including phenoxy) is 1. The lowest BCUT2D eigenvalue weighted by Crippen LogP contribution is -2.20. The zero-order valence-corrected chi connectivity index (χ0v) is 12.7. The molecule has 0 aliphatic heterocycles. The summed E-state index contributed by atoms with van der Waals surface area (Å²) in [6, 6.07) is 6.79. The van der Waals surface area contributed by atoms with E-state index in [-0.39, 0.29) is 0 Å². The van der Waals surface area contributed by atoms with Gasteiger partial charge in [0.2, 0.25) is 0 Å². The van der Waals surface area contributed by atoms with Crippen molar-refractivity contribution in [2.75, 3.05) is 13.2 Å². The average molecular weight is 282 g/mol. The van der Waals surface area contributed by atoms with Crippen LogP contribution in [0.4, 0.5) is 0 Å². The quantitative estimate of drug-likeness (QED) is 0.759. The molecule has 1 aromatic rings. The predicted octanol–water partition coefficient (Wildman–Crippen LogP) is 4.12. The molecule has 1 N–H and O–H groups in total. The van der Waals surface area contributed by atoms with Crippen molar-refractivity contribution in [3.63, 3.8) is 0 Å². The van der Waals surface area contributed by atoms with E-state index in [1.54, 1.807) is 0 Å². The molecule has 0 bridgehead atoms. The lowest BCUT2D eigenvalue weighted by atomic mass is 10.1. The topological polar surface area (TPSA) is 21.3 Å². The summed E-state index contributed by atoms with van der Waals surface area (Å²) in [5.74, 6) is 0. The van der Waals surface area contributed by atoms with Crippen molar-refractivity contribution in [1.82, 2.24) is 5.32 Å². The molecule has 3 heteroatoms. The van der Waals surface area contributed by atoms with Gasteiger partial charge >= 0.3 is 0 Å². The first-order chi connectivity index (χ1) is 9.16. The number of benzene rings is 1. The predicted molar refractivity (Wildman–Crippen MR) is 80.8 cm³/mol. The molecule has 1 aliphatic rings. The fraction of sp³-hybridized carbons (Fsp3) is 0.625. The van der Waals surface area contributed by atoms with Gasteiger partial charge in [-0.2, -0.15) is 0 Å². The van der Waals surface area contributed by atoms with Crippen LogP contribution < -0.4 is 5.32 Å². The molecule has 0 fully saturated rings. The monoisotopic (exact) mass is 281 g/mol. The zero-order valence-electron chi connectivity index (χ0n) is 11.9. The van der Waals surface area contributed by atoms with Crippen LogP contribution in [0.3, 0.4) is 0 Å². The second kappa shape index (κ2) is 7.28. The number of aryl methyl sites for hydroxylation is 1. The second-order valence-corrected chi connectivity index (χ2v) is 5.95. The Balaban J connectivity index is 1.69. The molecular weight excluding hydrogens is 258 g/mol. The molecule has 1 aliphatic carbocycles. The third kappa shape index (κ3) is 4.48. The highest BCUT2D eigenvalue weighted by molar-refractivity contribution is 6.30. The van der Waals surface area contributed by atoms with Gasteiger partial charge in [0.25, 0.3) is 0 Å². The van der Waals surface area contributed by atoms with Crippen LogP contribution in [-0.2, 0) is 11.2 Å². The molecular formula is C16H24ClNO. The first kappa shape index (κ1) is 14.8. The molecule has 106 valence electrons. The van der Waals surface area contributed by atoms with E-state index in [9.17, 15) is 0 Å². The molecule has 1 unspecified atom stereocenters. The Kier molecular flexibility index (Phi) is 5.68. The molecule has 0 saturated heterocycles. The van der Waals surface area contributed by atoms with Crippen LogP contribution in [0.15, 0.2) is 18.2 Å². The fourth-order valence-electron chi connectivity index (χ4n) is 2.62. The maximum atomic E-state index is 6.02. The maximum absolute atomic E-state index is 6.02. The van der Waals surface area contributed by atoms with E-state index >= 15 is 0 Å². The summed E-state index contributed by atoms with van der Waals surface area (Å²) in [4.78, 5) is 0. The van der Waals surface area contributed by atoms with E-state index in [4.69, 9.17) is 16.3 Å². The van der Waals surface area contributed by atoms with Crippen LogP contribution >= 0.6 is 11.6 Å². The van der Waals surface area contributed by atoms with Crippen LogP contribution in [0.25, 0.3) is 0 Å². The zero-order chi connectivity index (χ0) is 13.7. The van der Waals surface area contributed by atoms with Crippen molar-refractivity contribution in [3.8, 4) is 0 Å². The Morgan fingerprint density at radius 2 is 2.21 bits per heavy atom. The molecule has 2 nitrogen and oxygen atoms in total. The maximum Gasteiger partial charge on any atom is 0.0518 e. The van der Waals surface area contributed by atoms with E-state index < -0.39 is 0 Å². The minimum Gasteiger partial charge on any atom is -0.379 e. The molecule has 0 saturated carbocycles. The lowest BCUT2D eigenvalue weighted by Gasteiger charge is -2.14. The number of hydrogen-bond acceptors (Lipinski definition) is 2. The van der Waals surface area contributed by atoms with Gasteiger partial charge in [0.05, 0.1) is 6.10 Å². The largest absolute Gasteiger partial charge is 0.379 e. The normalized spacial score (nSPS) is 18.0. The molecule has 0 spiro atoms. The van der Waals surface area contributed by atoms with Gasteiger partial charge in [0.1, 0.15) is 0 Å². The van der Waals surface area contributed by atoms with Crippen LogP contribution in [0, 0.1) is 0 Å². The van der Waals surface area contributed by atoms with Gasteiger partial charge in [0.15, 0.2) is 0 Å². The van der Waals surface area contributed by atoms with Gasteiger partial charge < -0.3 is 10.1 Å². The molecule has 1 atom stereocenters. The van der Waals surface area contributed by atoms with E-state index in [1.807, 2.05) is 6.07 Å². The third-order valence-corrected chi connectivity index (χ3v) is 3.83. The summed E-state index contributed by atoms with van der Waals surface area (Å²) in [6.07, 6.45) is 4.99. The average Bonchev–Trinajstić information content (AvgIpc) is 2.75. The Bertz CT molecular complexity index is 406. The number of unbranched alkanes of at least 4 members (excludes halogenated alkanes) is 1. The molecule has 2 rings (SSSR count). The van der Waals surface area contributed by atoms with Gasteiger partial charge in [0, 0.05) is 17.7 Å². The number of hydrogen-bond donors (Lipinski definition) is 1. The first-order valence-corrected chi connectivity index (χ1v) is 7.68. The number of rotatable bonds is 7. The van der Waals surface area contributed by atoms with Gasteiger partial charge in [-0.05, 0) is 69.3 Å². The number of nitrogens with one attached hydrogen (secondary N) is 1. The van der Waals surface area contributed by atoms with Crippen LogP contribution in [-0.4, -0.2) is 19.3 Å². The summed E-state index contributed by atoms with van der Waals surface area (Å²) < 4.78 is 5.54. The Morgan fingerprint density at radius 3 is 3.00 bits per heavy atom. The Morgan fingerprint density at radius 1 is 1.37 bits per heavy atom. The molecule has 0 aromatic heterocycles. The molecule has 0 amide bonds. The van der Waals surface area contributed by atoms with Crippen LogP contribution in [0.1, 0.15) is 50.3 Å². The second-order valence-electron chi connectivity index (χ2n) is 5.52. The highest BCUT2D eigenvalue weighted by atomic mass is 35.5. The highest BCUT2D eigenvalue weighted by Crippen LogP contribution is 2.32. The number of fused-ring (bicyclic) bond motifs is 1. The Hall–Kier alpha value is -0.570. The molecule has 0 radical (unpaired) electrons. The van der Waals surface area contributed by atoms with Gasteiger partial charge in [-0.3, -0.25) is 0 Å². The van der Waals surface area contributed by atoms with E-state index in [0.717, 1.165) is 31.0 Å². The Labute approximate surface area is 121 Å². The summed E-state index contributed by atoms with van der Waals surface area (Å²) in [5, 5.41) is 4.50. The summed E-state index contributed by atoms with van der Waals surface area (Å²) >= 11 is 6.02. The van der Waals surface area contributed by atoms with Crippen molar-refractivity contribution in [3.05, 3.63) is 34.3 Å². The van der Waals surface area contributed by atoms with E-state index in [2.05, 4.69) is 31.3 Å². The van der Waals surface area contributed by atoms with Crippen molar-refractivity contribution >= 4 is 11.6 Å². The summed E-state index contributed by atoms with van der Waals surface area (Å²) in [7, 11) is 0. The van der Waals surface area contributed by atoms with Gasteiger partial charge in [-0.25, -0.2) is 0 Å². The smallest absolute Gasteiger partial charge is 0.0518 e. The number of halogens is 1. The van der Waals surface area contributed by atoms with Crippen molar-refractivity contribution in [2.45, 2.75) is 51.7 Å². The van der Waals surface area contributed by atoms with Gasteiger partial charge in [-0.15, -0.1) is 0 Å². The SMILES string of the molecule is CC(C)OCCCCNC1CCc2cc(Cl)ccc21. The van der Waals surface area contributed by atoms with Crippen molar-refractivity contribution in [2.24, 2.45) is 0 Å². The highest BCUT2D eigenvalue weighted by Gasteiger charge is 2.21. The molecule has 19 heavy (non-hydrogen) atoms. The molecule has 0 heterocycles. The lowest BCUT2D eigenvalue weighted by molar-refractivity contribution is 0.0759. The van der Waals surface area contributed by atoms with E-state index in [1.165, 1.54) is 24.0 Å².